The summed E-state index contributed by atoms with van der Waals surface area (Å²) >= 11 is 0. The van der Waals surface area contributed by atoms with Crippen LogP contribution in [0.3, 0.4) is 0 Å². The van der Waals surface area contributed by atoms with E-state index in [2.05, 4.69) is 4.98 Å². The van der Waals surface area contributed by atoms with Crippen molar-refractivity contribution >= 4 is 5.91 Å². The van der Waals surface area contributed by atoms with Gasteiger partial charge >= 0.3 is 6.18 Å². The molecule has 1 aliphatic rings. The van der Waals surface area contributed by atoms with Crippen molar-refractivity contribution in [3.63, 3.8) is 0 Å². The van der Waals surface area contributed by atoms with E-state index in [1.165, 1.54) is 20.3 Å². The highest BCUT2D eigenvalue weighted by atomic mass is 19.4. The molecule has 146 valence electrons. The third kappa shape index (κ3) is 3.57. The average Bonchev–Trinajstić information content (AvgIpc) is 3.21. The van der Waals surface area contributed by atoms with Crippen LogP contribution < -0.4 is 9.47 Å². The number of halogens is 3. The molecule has 1 aliphatic heterocycles. The topological polar surface area (TPSA) is 76.8 Å². The summed E-state index contributed by atoms with van der Waals surface area (Å²) in [6.45, 7) is 0.139. The number of carbonyl (C=O) groups is 1. The maximum absolute atomic E-state index is 13.5. The fraction of sp³-hybridized carbons (Fsp3) is 0.412. The van der Waals surface area contributed by atoms with E-state index in [-0.39, 0.29) is 13.3 Å². The van der Waals surface area contributed by atoms with Crippen molar-refractivity contribution in [2.45, 2.75) is 24.7 Å². The molecule has 3 rings (SSSR count). The lowest BCUT2D eigenvalue weighted by molar-refractivity contribution is -0.271. The first kappa shape index (κ1) is 19.0. The second kappa shape index (κ2) is 6.76. The van der Waals surface area contributed by atoms with Crippen LogP contribution in [0.15, 0.2) is 30.6 Å². The monoisotopic (exact) mass is 385 g/mol. The molecule has 1 aromatic carbocycles. The van der Waals surface area contributed by atoms with Crippen LogP contribution in [0, 0.1) is 0 Å². The molecule has 0 spiro atoms. The van der Waals surface area contributed by atoms with E-state index in [0.717, 1.165) is 15.7 Å². The molecular formula is C17H18F3N3O4. The van der Waals surface area contributed by atoms with Gasteiger partial charge in [0.05, 0.1) is 6.42 Å². The fourth-order valence-electron chi connectivity index (χ4n) is 2.83. The Morgan fingerprint density at radius 3 is 2.67 bits per heavy atom. The molecule has 2 heterocycles. The highest BCUT2D eigenvalue weighted by molar-refractivity contribution is 5.77. The highest BCUT2D eigenvalue weighted by Gasteiger charge is 2.58. The largest absolute Gasteiger partial charge is 0.454 e. The van der Waals surface area contributed by atoms with Gasteiger partial charge in [0.1, 0.15) is 0 Å². The summed E-state index contributed by atoms with van der Waals surface area (Å²) in [5.41, 5.74) is -2.73. The maximum Gasteiger partial charge on any atom is 0.425 e. The number of carbonyl (C=O) groups excluding carboxylic acids is 1. The lowest BCUT2D eigenvalue weighted by Gasteiger charge is -2.31. The molecule has 0 bridgehead atoms. The number of hydrogen-bond acceptors (Lipinski definition) is 5. The summed E-state index contributed by atoms with van der Waals surface area (Å²) in [6.07, 6.45) is -3.84. The van der Waals surface area contributed by atoms with Gasteiger partial charge in [-0.15, -0.1) is 0 Å². The summed E-state index contributed by atoms with van der Waals surface area (Å²) in [5.74, 6) is -0.447. The van der Waals surface area contributed by atoms with Crippen LogP contribution in [-0.4, -0.2) is 45.5 Å². The number of rotatable bonds is 5. The van der Waals surface area contributed by atoms with Crippen molar-refractivity contribution in [3.8, 4) is 11.5 Å². The van der Waals surface area contributed by atoms with Crippen LogP contribution in [0.25, 0.3) is 0 Å². The number of aliphatic hydroxyl groups is 1. The number of ether oxygens (including phenoxy) is 2. The number of aryl methyl sites for hydroxylation is 1. The van der Waals surface area contributed by atoms with Crippen molar-refractivity contribution in [1.82, 2.24) is 14.5 Å². The average molecular weight is 385 g/mol. The number of aromatic nitrogens is 2. The van der Waals surface area contributed by atoms with E-state index in [9.17, 15) is 23.1 Å². The van der Waals surface area contributed by atoms with E-state index in [4.69, 9.17) is 9.47 Å². The molecule has 1 unspecified atom stereocenters. The Kier molecular flexibility index (Phi) is 4.77. The predicted octanol–water partition coefficient (Wildman–Crippen LogP) is 1.95. The Bertz CT molecular complexity index is 852. The molecule has 0 fully saturated rings. The minimum absolute atomic E-state index is 0.0456. The Labute approximate surface area is 152 Å². The van der Waals surface area contributed by atoms with Crippen molar-refractivity contribution in [2.75, 3.05) is 13.8 Å². The molecule has 27 heavy (non-hydrogen) atoms. The van der Waals surface area contributed by atoms with Crippen LogP contribution in [0.5, 0.6) is 11.5 Å². The van der Waals surface area contributed by atoms with E-state index in [1.54, 1.807) is 18.2 Å². The van der Waals surface area contributed by atoms with Crippen LogP contribution in [0.1, 0.15) is 17.8 Å². The van der Waals surface area contributed by atoms with Crippen molar-refractivity contribution < 1.29 is 32.5 Å². The summed E-state index contributed by atoms with van der Waals surface area (Å²) in [4.78, 5) is 17.1. The van der Waals surface area contributed by atoms with Crippen molar-refractivity contribution in [2.24, 2.45) is 7.05 Å². The van der Waals surface area contributed by atoms with Gasteiger partial charge < -0.3 is 24.0 Å². The zero-order chi connectivity index (χ0) is 19.8. The molecule has 7 nitrogen and oxygen atoms in total. The van der Waals surface area contributed by atoms with Gasteiger partial charge in [0.2, 0.25) is 18.3 Å². The van der Waals surface area contributed by atoms with Crippen LogP contribution in [0.2, 0.25) is 0 Å². The SMILES string of the molecule is CN(Cc1ccc2c(c1)OCO2)C(=O)CC(O)(c1nccn1C)C(F)(F)F. The number of alkyl halides is 3. The number of imidazole rings is 1. The lowest BCUT2D eigenvalue weighted by Crippen LogP contribution is -2.48. The fourth-order valence-corrected chi connectivity index (χ4v) is 2.83. The summed E-state index contributed by atoms with van der Waals surface area (Å²) in [6, 6.07) is 5.00. The van der Waals surface area contributed by atoms with Crippen LogP contribution in [0.4, 0.5) is 13.2 Å². The molecular weight excluding hydrogens is 367 g/mol. The number of nitrogens with zero attached hydrogens (tertiary/aromatic N) is 3. The molecule has 1 atom stereocenters. The minimum atomic E-state index is -5.07. The third-order valence-electron chi connectivity index (χ3n) is 4.35. The molecule has 1 amide bonds. The first-order valence-corrected chi connectivity index (χ1v) is 8.01. The molecule has 10 heteroatoms. The second-order valence-corrected chi connectivity index (χ2v) is 6.33. The van der Waals surface area contributed by atoms with E-state index in [0.29, 0.717) is 17.1 Å². The molecule has 0 aliphatic carbocycles. The Morgan fingerprint density at radius 2 is 2.04 bits per heavy atom. The van der Waals surface area contributed by atoms with Gasteiger partial charge in [0, 0.05) is 33.0 Å². The number of amides is 1. The first-order valence-electron chi connectivity index (χ1n) is 8.01. The molecule has 1 N–H and O–H groups in total. The summed E-state index contributed by atoms with van der Waals surface area (Å²) < 4.78 is 52.1. The highest BCUT2D eigenvalue weighted by Crippen LogP contribution is 2.41. The van der Waals surface area contributed by atoms with E-state index in [1.807, 2.05) is 0 Å². The standard InChI is InChI=1S/C17H18F3N3O4/c1-22-6-5-21-15(22)16(25,17(18,19)20)8-14(24)23(2)9-11-3-4-12-13(7-11)27-10-26-12/h3-7,25H,8-10H2,1-2H3. The van der Waals surface area contributed by atoms with Crippen molar-refractivity contribution in [3.05, 3.63) is 42.0 Å². The van der Waals surface area contributed by atoms with Gasteiger partial charge in [-0.05, 0) is 17.7 Å². The van der Waals surface area contributed by atoms with Gasteiger partial charge in [-0.2, -0.15) is 13.2 Å². The van der Waals surface area contributed by atoms with E-state index < -0.39 is 29.9 Å². The quantitative estimate of drug-likeness (QED) is 0.851. The zero-order valence-corrected chi connectivity index (χ0v) is 14.7. The predicted molar refractivity (Wildman–Crippen MR) is 86.8 cm³/mol. The molecule has 2 aromatic rings. The summed E-state index contributed by atoms with van der Waals surface area (Å²) in [5, 5.41) is 10.3. The Morgan fingerprint density at radius 1 is 1.33 bits per heavy atom. The van der Waals surface area contributed by atoms with Gasteiger partial charge in [0.25, 0.3) is 0 Å². The molecule has 0 saturated heterocycles. The number of fused-ring (bicyclic) bond motifs is 1. The van der Waals surface area contributed by atoms with Crippen LogP contribution >= 0.6 is 0 Å². The minimum Gasteiger partial charge on any atom is -0.454 e. The van der Waals surface area contributed by atoms with E-state index >= 15 is 0 Å². The normalized spacial score (nSPS) is 15.5. The first-order chi connectivity index (χ1) is 12.6. The van der Waals surface area contributed by atoms with Gasteiger partial charge in [-0.1, -0.05) is 6.07 Å². The smallest absolute Gasteiger partial charge is 0.425 e. The number of benzene rings is 1. The Balaban J connectivity index is 1.76. The second-order valence-electron chi connectivity index (χ2n) is 6.33. The lowest BCUT2D eigenvalue weighted by atomic mass is 9.96. The zero-order valence-electron chi connectivity index (χ0n) is 14.7. The van der Waals surface area contributed by atoms with Crippen LogP contribution in [-0.2, 0) is 24.0 Å². The van der Waals surface area contributed by atoms with Gasteiger partial charge in [-0.25, -0.2) is 4.98 Å². The maximum atomic E-state index is 13.5. The number of hydrogen-bond donors (Lipinski definition) is 1. The van der Waals surface area contributed by atoms with Gasteiger partial charge in [0.15, 0.2) is 17.3 Å². The van der Waals surface area contributed by atoms with Gasteiger partial charge in [-0.3, -0.25) is 4.79 Å². The molecule has 1 aromatic heterocycles. The Hall–Kier alpha value is -2.75. The summed E-state index contributed by atoms with van der Waals surface area (Å²) in [7, 11) is 2.68. The molecule has 0 saturated carbocycles. The third-order valence-corrected chi connectivity index (χ3v) is 4.35. The molecule has 0 radical (unpaired) electrons. The van der Waals surface area contributed by atoms with Crippen molar-refractivity contribution in [1.29, 1.82) is 0 Å².